The van der Waals surface area contributed by atoms with E-state index < -0.39 is 0 Å². The van der Waals surface area contributed by atoms with Crippen LogP contribution in [0.2, 0.25) is 0 Å². The zero-order chi connectivity index (χ0) is 6.85. The van der Waals surface area contributed by atoms with Crippen LogP contribution < -0.4 is 0 Å². The van der Waals surface area contributed by atoms with Gasteiger partial charge in [0.2, 0.25) is 0 Å². The van der Waals surface area contributed by atoms with E-state index in [1.54, 1.807) is 6.20 Å². The summed E-state index contributed by atoms with van der Waals surface area (Å²) in [4.78, 5) is 3.96. The van der Waals surface area contributed by atoms with Crippen molar-refractivity contribution in [1.29, 1.82) is 0 Å². The van der Waals surface area contributed by atoms with E-state index in [0.717, 1.165) is 12.4 Å². The summed E-state index contributed by atoms with van der Waals surface area (Å²) in [7, 11) is 0. The Balaban J connectivity index is 3.07. The first kappa shape index (κ1) is 4.13. The van der Waals surface area contributed by atoms with E-state index in [2.05, 4.69) is 4.98 Å². The zero-order valence-electron chi connectivity index (χ0n) is 6.18. The molecule has 1 aromatic heterocycles. The fourth-order valence-corrected chi connectivity index (χ4v) is 0.675. The lowest BCUT2D eigenvalue weighted by atomic mass is 10.6. The number of hydrogen-bond acceptors (Lipinski definition) is 1. The summed E-state index contributed by atoms with van der Waals surface area (Å²) >= 11 is 0. The van der Waals surface area contributed by atoms with E-state index in [9.17, 15) is 0 Å². The molecule has 0 amide bonds. The van der Waals surface area contributed by atoms with Gasteiger partial charge in [0.25, 0.3) is 0 Å². The molecule has 1 rings (SSSR count). The summed E-state index contributed by atoms with van der Waals surface area (Å²) in [5.41, 5.74) is 0. The molecule has 0 unspecified atom stereocenters. The second kappa shape index (κ2) is 1.99. The molecule has 0 fully saturated rings. The van der Waals surface area contributed by atoms with E-state index in [1.165, 1.54) is 0 Å². The third-order valence-electron chi connectivity index (χ3n) is 1.17. The fraction of sp³-hybridized carbons (Fsp3) is 0.500. The Morgan fingerprint density at radius 2 is 2.75 bits per heavy atom. The van der Waals surface area contributed by atoms with Gasteiger partial charge in [-0.2, -0.15) is 0 Å². The van der Waals surface area contributed by atoms with Crippen molar-refractivity contribution >= 4 is 0 Å². The first-order chi connectivity index (χ1) is 4.25. The van der Waals surface area contributed by atoms with E-state index in [-0.39, 0.29) is 0 Å². The molecule has 0 spiro atoms. The Labute approximate surface area is 50.6 Å². The lowest BCUT2D eigenvalue weighted by molar-refractivity contribution is 0.730. The summed E-state index contributed by atoms with van der Waals surface area (Å²) in [5.74, 6) is 0.919. The summed E-state index contributed by atoms with van der Waals surface area (Å²) in [6.45, 7) is 4.75. The molecule has 0 aliphatic rings. The molecule has 0 aromatic carbocycles. The summed E-state index contributed by atoms with van der Waals surface area (Å²) in [6, 6.07) is 0. The first-order valence-corrected chi connectivity index (χ1v) is 2.74. The molecule has 0 saturated heterocycles. The van der Waals surface area contributed by atoms with Crippen LogP contribution in [0.1, 0.15) is 14.1 Å². The SMILES string of the molecule is [2H]c1cnc(C)n1CC. The van der Waals surface area contributed by atoms with Gasteiger partial charge in [-0.25, -0.2) is 4.98 Å². The van der Waals surface area contributed by atoms with Crippen molar-refractivity contribution in [3.8, 4) is 0 Å². The van der Waals surface area contributed by atoms with Crippen molar-refractivity contribution in [2.45, 2.75) is 20.4 Å². The normalized spacial score (nSPS) is 11.5. The first-order valence-electron chi connectivity index (χ1n) is 3.24. The average Bonchev–Trinajstić information content (AvgIpc) is 2.12. The predicted molar refractivity (Wildman–Crippen MR) is 32.6 cm³/mol. The van der Waals surface area contributed by atoms with Crippen molar-refractivity contribution in [2.24, 2.45) is 0 Å². The zero-order valence-corrected chi connectivity index (χ0v) is 5.18. The maximum absolute atomic E-state index is 7.29. The van der Waals surface area contributed by atoms with Crippen LogP contribution >= 0.6 is 0 Å². The van der Waals surface area contributed by atoms with Gasteiger partial charge in [-0.3, -0.25) is 0 Å². The maximum Gasteiger partial charge on any atom is 0.105 e. The van der Waals surface area contributed by atoms with Gasteiger partial charge in [0, 0.05) is 18.9 Å². The molecule has 2 heteroatoms. The molecule has 0 aliphatic carbocycles. The lowest BCUT2D eigenvalue weighted by Crippen LogP contribution is -1.93. The summed E-state index contributed by atoms with van der Waals surface area (Å²) in [6.07, 6.45) is 2.06. The minimum atomic E-state index is 0.495. The molecule has 0 aliphatic heterocycles. The van der Waals surface area contributed by atoms with E-state index in [4.69, 9.17) is 1.37 Å². The van der Waals surface area contributed by atoms with Gasteiger partial charge in [0.15, 0.2) is 0 Å². The minimum Gasteiger partial charge on any atom is -0.335 e. The van der Waals surface area contributed by atoms with Crippen LogP contribution in [0.25, 0.3) is 0 Å². The number of aromatic nitrogens is 2. The highest BCUT2D eigenvalue weighted by atomic mass is 15.0. The number of hydrogen-bond donors (Lipinski definition) is 0. The van der Waals surface area contributed by atoms with Crippen LogP contribution in [0.4, 0.5) is 0 Å². The number of imidazole rings is 1. The average molecular weight is 111 g/mol. The van der Waals surface area contributed by atoms with Crippen LogP contribution in [0.3, 0.4) is 0 Å². The number of nitrogens with zero attached hydrogens (tertiary/aromatic N) is 2. The predicted octanol–water partition coefficient (Wildman–Crippen LogP) is 1.21. The monoisotopic (exact) mass is 111 g/mol. The summed E-state index contributed by atoms with van der Waals surface area (Å²) in [5, 5.41) is 0. The molecule has 0 saturated carbocycles. The molecule has 8 heavy (non-hydrogen) atoms. The summed E-state index contributed by atoms with van der Waals surface area (Å²) < 4.78 is 9.14. The van der Waals surface area contributed by atoms with Gasteiger partial charge in [-0.15, -0.1) is 0 Å². The minimum absolute atomic E-state index is 0.495. The fourth-order valence-electron chi connectivity index (χ4n) is 0.675. The van der Waals surface area contributed by atoms with Crippen LogP contribution in [0.5, 0.6) is 0 Å². The second-order valence-corrected chi connectivity index (χ2v) is 1.68. The Bertz CT molecular complexity index is 185. The van der Waals surface area contributed by atoms with Crippen LogP contribution in [0, 0.1) is 6.92 Å². The van der Waals surface area contributed by atoms with Crippen molar-refractivity contribution in [2.75, 3.05) is 0 Å². The highest BCUT2D eigenvalue weighted by Crippen LogP contribution is 1.92. The number of rotatable bonds is 1. The van der Waals surface area contributed by atoms with Crippen molar-refractivity contribution < 1.29 is 1.37 Å². The van der Waals surface area contributed by atoms with Crippen molar-refractivity contribution in [3.05, 3.63) is 18.2 Å². The van der Waals surface area contributed by atoms with Crippen molar-refractivity contribution in [3.63, 3.8) is 0 Å². The van der Waals surface area contributed by atoms with Gasteiger partial charge in [-0.05, 0) is 13.8 Å². The quantitative estimate of drug-likeness (QED) is 0.532. The Kier molecular flexibility index (Phi) is 1.02. The molecule has 0 N–H and O–H groups in total. The Morgan fingerprint density at radius 1 is 2.00 bits per heavy atom. The molecule has 44 valence electrons. The van der Waals surface area contributed by atoms with Gasteiger partial charge in [0.05, 0.1) is 1.37 Å². The number of aryl methyl sites for hydroxylation is 1. The highest BCUT2D eigenvalue weighted by molar-refractivity contribution is 4.87. The van der Waals surface area contributed by atoms with Crippen molar-refractivity contribution in [1.82, 2.24) is 9.55 Å². The topological polar surface area (TPSA) is 17.8 Å². The van der Waals surface area contributed by atoms with Gasteiger partial charge in [0.1, 0.15) is 5.82 Å². The Morgan fingerprint density at radius 3 is 3.00 bits per heavy atom. The molecule has 0 radical (unpaired) electrons. The van der Waals surface area contributed by atoms with Crippen LogP contribution in [-0.2, 0) is 6.54 Å². The largest absolute Gasteiger partial charge is 0.335 e. The standard InChI is InChI=1S/C6H10N2/c1-3-8-5-4-7-6(8)2/h4-5H,3H2,1-2H3/i5D. The third kappa shape index (κ3) is 0.735. The lowest BCUT2D eigenvalue weighted by Gasteiger charge is -1.95. The Hall–Kier alpha value is -0.790. The van der Waals surface area contributed by atoms with E-state index in [0.29, 0.717) is 6.17 Å². The van der Waals surface area contributed by atoms with Gasteiger partial charge in [-0.1, -0.05) is 0 Å². The van der Waals surface area contributed by atoms with Gasteiger partial charge >= 0.3 is 0 Å². The van der Waals surface area contributed by atoms with Crippen LogP contribution in [0.15, 0.2) is 12.4 Å². The van der Waals surface area contributed by atoms with E-state index >= 15 is 0 Å². The highest BCUT2D eigenvalue weighted by Gasteiger charge is 1.88. The van der Waals surface area contributed by atoms with Crippen LogP contribution in [-0.4, -0.2) is 9.55 Å². The molecule has 1 heterocycles. The smallest absolute Gasteiger partial charge is 0.105 e. The third-order valence-corrected chi connectivity index (χ3v) is 1.17. The molecule has 0 atom stereocenters. The van der Waals surface area contributed by atoms with Gasteiger partial charge < -0.3 is 4.57 Å². The molecule has 1 aromatic rings. The molecular formula is C6H10N2. The molecule has 2 nitrogen and oxygen atoms in total. The molecule has 0 bridgehead atoms. The second-order valence-electron chi connectivity index (χ2n) is 1.68. The molecular weight excluding hydrogens is 100 g/mol. The van der Waals surface area contributed by atoms with E-state index in [1.807, 2.05) is 18.4 Å². The maximum atomic E-state index is 7.29.